The minimum absolute atomic E-state index is 0.115. The fourth-order valence-corrected chi connectivity index (χ4v) is 2.80. The van der Waals surface area contributed by atoms with Crippen molar-refractivity contribution in [1.82, 2.24) is 0 Å². The Morgan fingerprint density at radius 2 is 1.55 bits per heavy atom. The van der Waals surface area contributed by atoms with Gasteiger partial charge in [0.05, 0.1) is 23.8 Å². The highest BCUT2D eigenvalue weighted by atomic mass is 16.5. The molecular formula is C24H27NO4. The van der Waals surface area contributed by atoms with Crippen LogP contribution < -0.4 is 14.9 Å². The van der Waals surface area contributed by atoms with Crippen LogP contribution in [0, 0.1) is 11.3 Å². The van der Waals surface area contributed by atoms with E-state index in [2.05, 4.69) is 6.92 Å². The molecule has 0 saturated carbocycles. The van der Waals surface area contributed by atoms with Gasteiger partial charge >= 0.3 is 5.97 Å². The van der Waals surface area contributed by atoms with E-state index < -0.39 is 11.4 Å². The number of carbonyl (C=O) groups excluding carboxylic acids is 1. The third-order valence-electron chi connectivity index (χ3n) is 4.51. The molecule has 0 aliphatic rings. The molecule has 0 fully saturated rings. The Bertz CT molecular complexity index is 884. The number of ether oxygens (including phenoxy) is 2. The van der Waals surface area contributed by atoms with Crippen LogP contribution in [0.3, 0.4) is 0 Å². The molecule has 0 aliphatic heterocycles. The van der Waals surface area contributed by atoms with Crippen molar-refractivity contribution in [2.24, 2.45) is 0 Å². The Morgan fingerprint density at radius 1 is 0.897 bits per heavy atom. The number of nitrogens with zero attached hydrogens (tertiary/aromatic N) is 1. The molecule has 0 amide bonds. The monoisotopic (exact) mass is 393 g/mol. The molecule has 0 saturated heterocycles. The van der Waals surface area contributed by atoms with Crippen LogP contribution in [-0.2, 0) is 0 Å². The summed E-state index contributed by atoms with van der Waals surface area (Å²) in [6.45, 7) is 2.87. The molecule has 0 spiro atoms. The van der Waals surface area contributed by atoms with Crippen molar-refractivity contribution < 1.29 is 14.3 Å². The summed E-state index contributed by atoms with van der Waals surface area (Å²) in [5.41, 5.74) is 0.168. The molecule has 0 unspecified atom stereocenters. The molecule has 29 heavy (non-hydrogen) atoms. The van der Waals surface area contributed by atoms with Gasteiger partial charge in [-0.15, -0.1) is 0 Å². The lowest BCUT2D eigenvalue weighted by molar-refractivity contribution is 0.0733. The molecule has 0 heterocycles. The minimum atomic E-state index is -0.634. The molecule has 0 aromatic heterocycles. The largest absolute Gasteiger partial charge is 0.494 e. The summed E-state index contributed by atoms with van der Waals surface area (Å²) in [7, 11) is 0. The Balaban J connectivity index is 1.81. The van der Waals surface area contributed by atoms with Crippen LogP contribution in [-0.4, -0.2) is 12.6 Å². The number of hydrogen-bond donors (Lipinski definition) is 0. The molecule has 0 radical (unpaired) electrons. The van der Waals surface area contributed by atoms with E-state index in [0.29, 0.717) is 23.5 Å². The molecule has 0 bridgehead atoms. The molecule has 2 aromatic rings. The lowest BCUT2D eigenvalue weighted by atomic mass is 10.1. The quantitative estimate of drug-likeness (QED) is 0.384. The number of rotatable bonds is 11. The molecule has 2 aromatic carbocycles. The molecular weight excluding hydrogens is 366 g/mol. The normalized spacial score (nSPS) is 10.2. The average molecular weight is 393 g/mol. The fraction of sp³-hybridized carbons (Fsp3) is 0.375. The van der Waals surface area contributed by atoms with Crippen molar-refractivity contribution in [1.29, 1.82) is 5.26 Å². The van der Waals surface area contributed by atoms with Crippen LogP contribution >= 0.6 is 0 Å². The Labute approximate surface area is 171 Å². The number of unbranched alkanes of at least 4 members (excludes halogenated alkanes) is 6. The van der Waals surface area contributed by atoms with Crippen molar-refractivity contribution in [2.45, 2.75) is 51.9 Å². The summed E-state index contributed by atoms with van der Waals surface area (Å²) < 4.78 is 10.9. The summed E-state index contributed by atoms with van der Waals surface area (Å²) in [4.78, 5) is 24.2. The summed E-state index contributed by atoms with van der Waals surface area (Å²) in [5.74, 6) is -0.0528. The van der Waals surface area contributed by atoms with E-state index >= 15 is 0 Å². The maximum atomic E-state index is 12.3. The zero-order valence-electron chi connectivity index (χ0n) is 16.9. The number of esters is 1. The van der Waals surface area contributed by atoms with Gasteiger partial charge in [-0.2, -0.15) is 5.26 Å². The van der Waals surface area contributed by atoms with Gasteiger partial charge in [0.15, 0.2) is 5.75 Å². The Morgan fingerprint density at radius 3 is 2.24 bits per heavy atom. The van der Waals surface area contributed by atoms with E-state index in [-0.39, 0.29) is 5.75 Å². The van der Waals surface area contributed by atoms with E-state index in [1.54, 1.807) is 24.3 Å². The average Bonchev–Trinajstić information content (AvgIpc) is 2.92. The van der Waals surface area contributed by atoms with E-state index in [0.717, 1.165) is 12.8 Å². The first-order valence-corrected chi connectivity index (χ1v) is 10.1. The minimum Gasteiger partial charge on any atom is -0.494 e. The second-order valence-electron chi connectivity index (χ2n) is 6.85. The summed E-state index contributed by atoms with van der Waals surface area (Å²) >= 11 is 0. The topological polar surface area (TPSA) is 76.4 Å². The van der Waals surface area contributed by atoms with Gasteiger partial charge in [0.1, 0.15) is 5.75 Å². The van der Waals surface area contributed by atoms with E-state index in [9.17, 15) is 9.59 Å². The van der Waals surface area contributed by atoms with Crippen molar-refractivity contribution >= 4 is 5.97 Å². The summed E-state index contributed by atoms with van der Waals surface area (Å²) in [6.07, 6.45) is 8.58. The van der Waals surface area contributed by atoms with Gasteiger partial charge in [-0.05, 0) is 55.0 Å². The van der Waals surface area contributed by atoms with Gasteiger partial charge in [-0.1, -0.05) is 45.4 Å². The number of benzene rings is 1. The van der Waals surface area contributed by atoms with Gasteiger partial charge in [0, 0.05) is 0 Å². The van der Waals surface area contributed by atoms with Crippen LogP contribution in [0.25, 0.3) is 0 Å². The SMILES string of the molecule is CCCCCCCCCOc1ccc(C(=O)Oc2ccc(C#N)ccc2=O)cc1. The first kappa shape index (κ1) is 22.2. The highest BCUT2D eigenvalue weighted by molar-refractivity contribution is 5.91. The molecule has 0 atom stereocenters. The molecule has 152 valence electrons. The highest BCUT2D eigenvalue weighted by Crippen LogP contribution is 2.15. The van der Waals surface area contributed by atoms with Crippen LogP contribution in [0.4, 0.5) is 0 Å². The van der Waals surface area contributed by atoms with Crippen molar-refractivity contribution in [3.8, 4) is 17.6 Å². The highest BCUT2D eigenvalue weighted by Gasteiger charge is 2.10. The maximum absolute atomic E-state index is 12.3. The molecule has 5 heteroatoms. The number of carbonyl (C=O) groups is 1. The van der Waals surface area contributed by atoms with Gasteiger partial charge in [-0.3, -0.25) is 4.79 Å². The molecule has 5 nitrogen and oxygen atoms in total. The van der Waals surface area contributed by atoms with Crippen molar-refractivity contribution in [3.63, 3.8) is 0 Å². The lowest BCUT2D eigenvalue weighted by Crippen LogP contribution is -2.13. The predicted molar refractivity (Wildman–Crippen MR) is 112 cm³/mol. The second-order valence-corrected chi connectivity index (χ2v) is 6.85. The smallest absolute Gasteiger partial charge is 0.343 e. The van der Waals surface area contributed by atoms with Crippen molar-refractivity contribution in [2.75, 3.05) is 6.61 Å². The zero-order chi connectivity index (χ0) is 20.9. The van der Waals surface area contributed by atoms with Gasteiger partial charge in [0.2, 0.25) is 5.43 Å². The zero-order valence-corrected chi connectivity index (χ0v) is 16.9. The Kier molecular flexibility index (Phi) is 9.44. The van der Waals surface area contributed by atoms with Crippen LogP contribution in [0.5, 0.6) is 11.5 Å². The molecule has 2 rings (SSSR count). The summed E-state index contributed by atoms with van der Waals surface area (Å²) in [5, 5.41) is 8.88. The Hall–Kier alpha value is -3.13. The fourth-order valence-electron chi connectivity index (χ4n) is 2.80. The van der Waals surface area contributed by atoms with Gasteiger partial charge < -0.3 is 9.47 Å². The molecule has 0 aliphatic carbocycles. The summed E-state index contributed by atoms with van der Waals surface area (Å²) in [6, 6.07) is 13.9. The van der Waals surface area contributed by atoms with Crippen LogP contribution in [0.1, 0.15) is 67.8 Å². The van der Waals surface area contributed by atoms with E-state index in [4.69, 9.17) is 14.7 Å². The van der Waals surface area contributed by atoms with E-state index in [1.807, 2.05) is 6.07 Å². The lowest BCUT2D eigenvalue weighted by Gasteiger charge is -2.07. The standard InChI is InChI=1S/C24H27NO4/c1-2-3-4-5-6-7-8-17-28-21-13-11-20(12-14-21)24(27)29-23-16-10-19(18-25)9-15-22(23)26/h9-16H,2-8,17H2,1H3. The first-order valence-electron chi connectivity index (χ1n) is 10.1. The first-order chi connectivity index (χ1) is 14.1. The number of hydrogen-bond acceptors (Lipinski definition) is 5. The van der Waals surface area contributed by atoms with Gasteiger partial charge in [-0.25, -0.2) is 4.79 Å². The van der Waals surface area contributed by atoms with Crippen LogP contribution in [0.2, 0.25) is 0 Å². The third kappa shape index (κ3) is 7.79. The molecule has 0 N–H and O–H groups in total. The maximum Gasteiger partial charge on any atom is 0.343 e. The third-order valence-corrected chi connectivity index (χ3v) is 4.51. The van der Waals surface area contributed by atoms with Crippen LogP contribution in [0.15, 0.2) is 53.3 Å². The van der Waals surface area contributed by atoms with Crippen molar-refractivity contribution in [3.05, 3.63) is 69.9 Å². The number of nitriles is 1. The second kappa shape index (κ2) is 12.4. The van der Waals surface area contributed by atoms with E-state index in [1.165, 1.54) is 56.4 Å². The van der Waals surface area contributed by atoms with Gasteiger partial charge in [0.25, 0.3) is 0 Å². The predicted octanol–water partition coefficient (Wildman–Crippen LogP) is 5.27.